The number of rotatable bonds is 3. The van der Waals surface area contributed by atoms with Gasteiger partial charge in [-0.25, -0.2) is 4.79 Å². The summed E-state index contributed by atoms with van der Waals surface area (Å²) >= 11 is 0. The first-order valence-corrected chi connectivity index (χ1v) is 4.83. The van der Waals surface area contributed by atoms with E-state index >= 15 is 0 Å². The highest BCUT2D eigenvalue weighted by Gasteiger charge is 2.35. The van der Waals surface area contributed by atoms with E-state index in [1.54, 1.807) is 0 Å². The van der Waals surface area contributed by atoms with Crippen LogP contribution in [0.2, 0.25) is 0 Å². The summed E-state index contributed by atoms with van der Waals surface area (Å²) in [6.45, 7) is 10.4. The van der Waals surface area contributed by atoms with Crippen molar-refractivity contribution < 1.29 is 8.94 Å². The van der Waals surface area contributed by atoms with E-state index in [1.165, 1.54) is 0 Å². The molecule has 1 aromatic heterocycles. The van der Waals surface area contributed by atoms with Crippen molar-refractivity contribution in [1.82, 2.24) is 5.16 Å². The fraction of sp³-hybridized carbons (Fsp3) is 0.800. The largest absolute Gasteiger partial charge is 0.542 e. The minimum atomic E-state index is -0.732. The van der Waals surface area contributed by atoms with Crippen molar-refractivity contribution in [3.05, 3.63) is 16.5 Å². The molecule has 4 heteroatoms. The molecule has 80 valence electrons. The molecule has 0 radical (unpaired) electrons. The monoisotopic (exact) mass is 199 g/mol. The van der Waals surface area contributed by atoms with E-state index in [0.717, 1.165) is 0 Å². The van der Waals surface area contributed by atoms with Crippen LogP contribution in [0.15, 0.2) is 13.7 Å². The smallest absolute Gasteiger partial charge is 0.374 e. The summed E-state index contributed by atoms with van der Waals surface area (Å²) in [5.41, 5.74) is -0.277. The first kappa shape index (κ1) is 11.0. The lowest BCUT2D eigenvalue weighted by molar-refractivity contribution is 0.214. The first-order chi connectivity index (χ1) is 6.35. The Bertz CT molecular complexity index is 348. The van der Waals surface area contributed by atoms with Gasteiger partial charge in [0.25, 0.3) is 0 Å². The third-order valence-electron chi connectivity index (χ3n) is 3.07. The van der Waals surface area contributed by atoms with Gasteiger partial charge >= 0.3 is 5.82 Å². The van der Waals surface area contributed by atoms with Crippen molar-refractivity contribution in [2.24, 2.45) is 11.8 Å². The molecule has 1 heterocycles. The topological polar surface area (TPSA) is 56.2 Å². The maximum atomic E-state index is 10.7. The second-order valence-electron chi connectivity index (χ2n) is 4.59. The van der Waals surface area contributed by atoms with E-state index in [-0.39, 0.29) is 5.41 Å². The van der Waals surface area contributed by atoms with Crippen molar-refractivity contribution in [3.8, 4) is 0 Å². The van der Waals surface area contributed by atoms with Crippen LogP contribution in [0.1, 0.15) is 40.5 Å². The summed E-state index contributed by atoms with van der Waals surface area (Å²) in [7, 11) is 0. The molecular weight excluding hydrogens is 182 g/mol. The average molecular weight is 199 g/mol. The molecule has 0 aromatic carbocycles. The Labute approximate surface area is 83.3 Å². The molecule has 1 unspecified atom stereocenters. The third kappa shape index (κ3) is 1.89. The Balaban J connectivity index is 3.01. The van der Waals surface area contributed by atoms with Crippen LogP contribution in [0.3, 0.4) is 0 Å². The van der Waals surface area contributed by atoms with Crippen molar-refractivity contribution >= 4 is 0 Å². The van der Waals surface area contributed by atoms with Gasteiger partial charge in [0.2, 0.25) is 5.89 Å². The second kappa shape index (κ2) is 3.59. The van der Waals surface area contributed by atoms with E-state index in [2.05, 4.69) is 30.5 Å². The summed E-state index contributed by atoms with van der Waals surface area (Å²) < 4.78 is 9.29. The summed E-state index contributed by atoms with van der Waals surface area (Å²) in [5, 5.41) is 3.64. The Morgan fingerprint density at radius 1 is 1.29 bits per heavy atom. The van der Waals surface area contributed by atoms with Gasteiger partial charge in [0.1, 0.15) is 0 Å². The van der Waals surface area contributed by atoms with Crippen LogP contribution < -0.4 is 5.82 Å². The molecule has 14 heavy (non-hydrogen) atoms. The SMILES string of the molecule is CC(C)C(C)C(C)(C)c1noc(=O)o1. The van der Waals surface area contributed by atoms with Crippen LogP contribution in [0, 0.1) is 11.8 Å². The molecule has 1 aromatic rings. The van der Waals surface area contributed by atoms with Gasteiger partial charge in [-0.3, -0.25) is 4.52 Å². The standard InChI is InChI=1S/C10H17NO3/c1-6(2)7(3)10(4,5)8-11-14-9(12)13-8/h6-7H,1-5H3. The van der Waals surface area contributed by atoms with Crippen molar-refractivity contribution in [1.29, 1.82) is 0 Å². The predicted octanol–water partition coefficient (Wildman–Crippen LogP) is 2.20. The van der Waals surface area contributed by atoms with E-state index < -0.39 is 5.82 Å². The molecule has 0 aliphatic heterocycles. The van der Waals surface area contributed by atoms with Crippen LogP contribution in [0.25, 0.3) is 0 Å². The molecule has 1 atom stereocenters. The van der Waals surface area contributed by atoms with Gasteiger partial charge in [0.15, 0.2) is 0 Å². The Morgan fingerprint density at radius 2 is 1.86 bits per heavy atom. The van der Waals surface area contributed by atoms with Crippen LogP contribution in [-0.2, 0) is 5.41 Å². The van der Waals surface area contributed by atoms with E-state index in [1.807, 2.05) is 13.8 Å². The molecule has 0 saturated heterocycles. The molecule has 0 saturated carbocycles. The predicted molar refractivity (Wildman–Crippen MR) is 52.1 cm³/mol. The normalized spacial score (nSPS) is 14.7. The molecule has 0 aliphatic carbocycles. The van der Waals surface area contributed by atoms with Gasteiger partial charge in [-0.15, -0.1) is 0 Å². The zero-order valence-corrected chi connectivity index (χ0v) is 9.33. The second-order valence-corrected chi connectivity index (χ2v) is 4.59. The maximum Gasteiger partial charge on any atom is 0.542 e. The van der Waals surface area contributed by atoms with Crippen molar-refractivity contribution in [3.63, 3.8) is 0 Å². The Hall–Kier alpha value is -1.06. The minimum Gasteiger partial charge on any atom is -0.374 e. The van der Waals surface area contributed by atoms with Crippen molar-refractivity contribution in [2.75, 3.05) is 0 Å². The van der Waals surface area contributed by atoms with Gasteiger partial charge in [-0.1, -0.05) is 34.6 Å². The number of aromatic nitrogens is 1. The lowest BCUT2D eigenvalue weighted by Gasteiger charge is -2.30. The van der Waals surface area contributed by atoms with Crippen molar-refractivity contribution in [2.45, 2.75) is 40.0 Å². The fourth-order valence-electron chi connectivity index (χ4n) is 1.47. The Morgan fingerprint density at radius 3 is 2.21 bits per heavy atom. The molecule has 0 fully saturated rings. The number of nitrogens with zero attached hydrogens (tertiary/aromatic N) is 1. The maximum absolute atomic E-state index is 10.7. The lowest BCUT2D eigenvalue weighted by atomic mass is 9.74. The number of hydrogen-bond donors (Lipinski definition) is 0. The van der Waals surface area contributed by atoms with Gasteiger partial charge in [0.05, 0.1) is 0 Å². The van der Waals surface area contributed by atoms with E-state index in [9.17, 15) is 4.79 Å². The summed E-state index contributed by atoms with van der Waals surface area (Å²) in [4.78, 5) is 10.7. The summed E-state index contributed by atoms with van der Waals surface area (Å²) in [5.74, 6) is 0.496. The quantitative estimate of drug-likeness (QED) is 0.748. The zero-order chi connectivity index (χ0) is 10.9. The highest BCUT2D eigenvalue weighted by atomic mass is 16.6. The lowest BCUT2D eigenvalue weighted by Crippen LogP contribution is -2.30. The molecule has 0 spiro atoms. The number of hydrogen-bond acceptors (Lipinski definition) is 4. The van der Waals surface area contributed by atoms with Crippen LogP contribution in [0.4, 0.5) is 0 Å². The highest BCUT2D eigenvalue weighted by molar-refractivity contribution is 5.00. The van der Waals surface area contributed by atoms with Crippen LogP contribution >= 0.6 is 0 Å². The molecule has 0 amide bonds. The zero-order valence-electron chi connectivity index (χ0n) is 9.33. The molecule has 0 N–H and O–H groups in total. The van der Waals surface area contributed by atoms with Crippen LogP contribution in [0.5, 0.6) is 0 Å². The molecular formula is C10H17NO3. The average Bonchev–Trinajstić information content (AvgIpc) is 2.50. The summed E-state index contributed by atoms with van der Waals surface area (Å²) in [6, 6.07) is 0. The molecule has 0 aliphatic rings. The van der Waals surface area contributed by atoms with Crippen LogP contribution in [-0.4, -0.2) is 5.16 Å². The Kier molecular flexibility index (Phi) is 2.83. The van der Waals surface area contributed by atoms with Gasteiger partial charge in [0, 0.05) is 5.41 Å². The summed E-state index contributed by atoms with van der Waals surface area (Å²) in [6.07, 6.45) is 0. The third-order valence-corrected chi connectivity index (χ3v) is 3.07. The molecule has 4 nitrogen and oxygen atoms in total. The molecule has 1 rings (SSSR count). The van der Waals surface area contributed by atoms with E-state index in [0.29, 0.717) is 17.7 Å². The minimum absolute atomic E-state index is 0.277. The highest BCUT2D eigenvalue weighted by Crippen LogP contribution is 2.34. The van der Waals surface area contributed by atoms with Gasteiger partial charge in [-0.2, -0.15) is 0 Å². The first-order valence-electron chi connectivity index (χ1n) is 4.83. The molecule has 0 bridgehead atoms. The van der Waals surface area contributed by atoms with Gasteiger partial charge < -0.3 is 4.42 Å². The fourth-order valence-corrected chi connectivity index (χ4v) is 1.47. The van der Waals surface area contributed by atoms with E-state index in [4.69, 9.17) is 4.42 Å². The van der Waals surface area contributed by atoms with Gasteiger partial charge in [-0.05, 0) is 17.0 Å².